The van der Waals surface area contributed by atoms with Crippen LogP contribution in [0.3, 0.4) is 0 Å². The third kappa shape index (κ3) is 6.23. The predicted octanol–water partition coefficient (Wildman–Crippen LogP) is 1.16. The first-order valence-corrected chi connectivity index (χ1v) is 2.81. The topological polar surface area (TPSA) is 27.7 Å². The lowest BCUT2D eigenvalue weighted by atomic mass is 11.0. The summed E-state index contributed by atoms with van der Waals surface area (Å²) in [4.78, 5) is 4.10. The van der Waals surface area contributed by atoms with Crippen LogP contribution in [0.15, 0.2) is 0 Å². The lowest BCUT2D eigenvalue weighted by Gasteiger charge is -1.91. The van der Waals surface area contributed by atoms with Gasteiger partial charge in [0.25, 0.3) is 0 Å². The van der Waals surface area contributed by atoms with Crippen molar-refractivity contribution in [3.8, 4) is 0 Å². The van der Waals surface area contributed by atoms with Crippen LogP contribution >= 0.6 is 12.0 Å². The van der Waals surface area contributed by atoms with Crippen LogP contribution in [0.4, 0.5) is 0 Å². The van der Waals surface area contributed by atoms with E-state index in [0.29, 0.717) is 0 Å². The van der Waals surface area contributed by atoms with Crippen molar-refractivity contribution in [2.75, 3.05) is 12.9 Å². The maximum atomic E-state index is 4.33. The van der Waals surface area contributed by atoms with Crippen LogP contribution in [0.25, 0.3) is 0 Å². The normalized spacial score (nSPS) is 9.43. The molecule has 0 bridgehead atoms. The van der Waals surface area contributed by atoms with E-state index in [1.165, 1.54) is 19.2 Å². The Morgan fingerprint density at radius 1 is 1.57 bits per heavy atom. The molecule has 0 heterocycles. The largest absolute Gasteiger partial charge is 0.209 e. The second kappa shape index (κ2) is 6.23. The van der Waals surface area contributed by atoms with Crippen molar-refractivity contribution in [2.45, 2.75) is 6.92 Å². The molecule has 44 valence electrons. The standard InChI is InChI=1S/C3H8O3S/c1-3-7-6-5-4-2/h3H2,1-2H3. The molecule has 4 heteroatoms. The van der Waals surface area contributed by atoms with Gasteiger partial charge in [-0.2, -0.15) is 0 Å². The Morgan fingerprint density at radius 3 is 2.71 bits per heavy atom. The van der Waals surface area contributed by atoms with E-state index in [0.717, 1.165) is 5.75 Å². The highest BCUT2D eigenvalue weighted by atomic mass is 32.2. The smallest absolute Gasteiger partial charge is 0.0744 e. The van der Waals surface area contributed by atoms with Gasteiger partial charge in [0.05, 0.1) is 7.11 Å². The third-order valence-corrected chi connectivity index (χ3v) is 0.649. The van der Waals surface area contributed by atoms with E-state index in [4.69, 9.17) is 0 Å². The summed E-state index contributed by atoms with van der Waals surface area (Å²) in [6, 6.07) is 0. The molecule has 0 saturated heterocycles. The van der Waals surface area contributed by atoms with Crippen LogP contribution in [0.5, 0.6) is 0 Å². The molecule has 3 nitrogen and oxygen atoms in total. The van der Waals surface area contributed by atoms with Gasteiger partial charge >= 0.3 is 0 Å². The minimum atomic E-state index is 0.851. The average Bonchev–Trinajstić information content (AvgIpc) is 1.69. The fourth-order valence-corrected chi connectivity index (χ4v) is 0.287. The Kier molecular flexibility index (Phi) is 6.43. The second-order valence-corrected chi connectivity index (χ2v) is 1.66. The van der Waals surface area contributed by atoms with E-state index in [1.807, 2.05) is 6.92 Å². The van der Waals surface area contributed by atoms with Gasteiger partial charge in [-0.3, -0.25) is 0 Å². The van der Waals surface area contributed by atoms with Gasteiger partial charge in [0.1, 0.15) is 0 Å². The minimum Gasteiger partial charge on any atom is -0.209 e. The van der Waals surface area contributed by atoms with Gasteiger partial charge in [0, 0.05) is 17.8 Å². The van der Waals surface area contributed by atoms with Crippen LogP contribution < -0.4 is 0 Å². The van der Waals surface area contributed by atoms with E-state index in [9.17, 15) is 0 Å². The third-order valence-electron chi connectivity index (χ3n) is 0.262. The first-order valence-electron chi connectivity index (χ1n) is 1.90. The average molecular weight is 124 g/mol. The molecule has 0 aromatic carbocycles. The summed E-state index contributed by atoms with van der Waals surface area (Å²) in [5.41, 5.74) is 0. The van der Waals surface area contributed by atoms with Crippen LogP contribution in [0, 0.1) is 0 Å². The molecule has 0 amide bonds. The van der Waals surface area contributed by atoms with Crippen molar-refractivity contribution < 1.29 is 14.3 Å². The lowest BCUT2D eigenvalue weighted by molar-refractivity contribution is -0.447. The first kappa shape index (κ1) is 7.23. The SMILES string of the molecule is CCSOOOC. The molecular formula is C3H8O3S. The number of hydrogen-bond acceptors (Lipinski definition) is 4. The minimum absolute atomic E-state index is 0.851. The molecular weight excluding hydrogens is 116 g/mol. The quantitative estimate of drug-likeness (QED) is 0.243. The zero-order valence-corrected chi connectivity index (χ0v) is 5.16. The van der Waals surface area contributed by atoms with Gasteiger partial charge in [0.15, 0.2) is 0 Å². The second-order valence-electron chi connectivity index (χ2n) is 0.709. The molecule has 0 saturated carbocycles. The summed E-state index contributed by atoms with van der Waals surface area (Å²) >= 11 is 1.19. The van der Waals surface area contributed by atoms with Crippen molar-refractivity contribution in [3.05, 3.63) is 0 Å². The molecule has 0 aliphatic carbocycles. The fraction of sp³-hybridized carbons (Fsp3) is 1.00. The maximum Gasteiger partial charge on any atom is 0.0744 e. The summed E-state index contributed by atoms with van der Waals surface area (Å²) in [5.74, 6) is 0.851. The Morgan fingerprint density at radius 2 is 2.29 bits per heavy atom. The molecule has 0 N–H and O–H groups in total. The highest BCUT2D eigenvalue weighted by Gasteiger charge is 1.80. The molecule has 0 aromatic heterocycles. The van der Waals surface area contributed by atoms with E-state index >= 15 is 0 Å². The molecule has 0 radical (unpaired) electrons. The Labute approximate surface area is 47.0 Å². The van der Waals surface area contributed by atoms with Gasteiger partial charge in [0.2, 0.25) is 0 Å². The molecule has 7 heavy (non-hydrogen) atoms. The lowest BCUT2D eigenvalue weighted by Crippen LogP contribution is -1.83. The Hall–Kier alpha value is 0.230. The first-order chi connectivity index (χ1) is 3.41. The van der Waals surface area contributed by atoms with Gasteiger partial charge in [-0.05, 0) is 0 Å². The van der Waals surface area contributed by atoms with E-state index in [2.05, 4.69) is 14.3 Å². The van der Waals surface area contributed by atoms with Gasteiger partial charge < -0.3 is 0 Å². The summed E-state index contributed by atoms with van der Waals surface area (Å²) in [7, 11) is 1.39. The van der Waals surface area contributed by atoms with Crippen molar-refractivity contribution in [1.29, 1.82) is 0 Å². The zero-order valence-electron chi connectivity index (χ0n) is 4.34. The zero-order chi connectivity index (χ0) is 5.54. The summed E-state index contributed by atoms with van der Waals surface area (Å²) in [6.07, 6.45) is 0. The molecule has 0 atom stereocenters. The molecule has 0 aromatic rings. The van der Waals surface area contributed by atoms with Crippen LogP contribution in [0.2, 0.25) is 0 Å². The molecule has 0 rings (SSSR count). The fourth-order valence-electron chi connectivity index (χ4n) is 0.0955. The Bertz CT molecular complexity index is 29.4. The van der Waals surface area contributed by atoms with Crippen molar-refractivity contribution in [3.63, 3.8) is 0 Å². The number of rotatable bonds is 4. The highest BCUT2D eigenvalue weighted by Crippen LogP contribution is 1.99. The summed E-state index contributed by atoms with van der Waals surface area (Å²) in [6.45, 7) is 1.95. The summed E-state index contributed by atoms with van der Waals surface area (Å²) < 4.78 is 4.33. The van der Waals surface area contributed by atoms with Gasteiger partial charge in [-0.25, -0.2) is 4.89 Å². The Balaban J connectivity index is 2.45. The van der Waals surface area contributed by atoms with E-state index < -0.39 is 0 Å². The predicted molar refractivity (Wildman–Crippen MR) is 27.3 cm³/mol. The van der Waals surface area contributed by atoms with E-state index in [-0.39, 0.29) is 0 Å². The highest BCUT2D eigenvalue weighted by molar-refractivity contribution is 7.94. The van der Waals surface area contributed by atoms with Crippen LogP contribution in [-0.4, -0.2) is 12.9 Å². The summed E-state index contributed by atoms with van der Waals surface area (Å²) in [5, 5.41) is 4.04. The molecule has 0 aliphatic heterocycles. The molecule has 0 aliphatic rings. The van der Waals surface area contributed by atoms with Gasteiger partial charge in [-0.1, -0.05) is 12.0 Å². The monoisotopic (exact) mass is 124 g/mol. The molecule has 0 spiro atoms. The number of hydrogen-bond donors (Lipinski definition) is 0. The van der Waals surface area contributed by atoms with Crippen molar-refractivity contribution in [2.24, 2.45) is 0 Å². The van der Waals surface area contributed by atoms with Gasteiger partial charge in [-0.15, -0.1) is 4.33 Å². The van der Waals surface area contributed by atoms with Crippen molar-refractivity contribution in [1.82, 2.24) is 0 Å². The molecule has 0 unspecified atom stereocenters. The van der Waals surface area contributed by atoms with E-state index in [1.54, 1.807) is 0 Å². The molecule has 0 fully saturated rings. The maximum absolute atomic E-state index is 4.33. The van der Waals surface area contributed by atoms with Crippen LogP contribution in [-0.2, 0) is 14.3 Å². The van der Waals surface area contributed by atoms with Crippen LogP contribution in [0.1, 0.15) is 6.92 Å². The van der Waals surface area contributed by atoms with Crippen molar-refractivity contribution >= 4 is 12.0 Å².